The van der Waals surface area contributed by atoms with Gasteiger partial charge in [-0.1, -0.05) is 73.8 Å². The van der Waals surface area contributed by atoms with Crippen molar-refractivity contribution in [2.24, 2.45) is 0 Å². The van der Waals surface area contributed by atoms with Gasteiger partial charge in [-0.25, -0.2) is 0 Å². The summed E-state index contributed by atoms with van der Waals surface area (Å²) in [5.41, 5.74) is 0. The number of hydrogen-bond acceptors (Lipinski definition) is 4. The maximum Gasteiger partial charge on any atom is 0.134 e. The van der Waals surface area contributed by atoms with E-state index in [9.17, 15) is 0 Å². The average Bonchev–Trinajstić information content (AvgIpc) is 2.58. The summed E-state index contributed by atoms with van der Waals surface area (Å²) in [6.45, 7) is 18.5. The van der Waals surface area contributed by atoms with Gasteiger partial charge in [0.05, 0.1) is 0 Å². The van der Waals surface area contributed by atoms with Crippen LogP contribution in [-0.4, -0.2) is 44.4 Å². The maximum atomic E-state index is 3.41. The van der Waals surface area contributed by atoms with E-state index in [1.165, 1.54) is 19.3 Å². The molecule has 22 heavy (non-hydrogen) atoms. The van der Waals surface area contributed by atoms with Crippen LogP contribution in [0.25, 0.3) is 0 Å². The Hall–Kier alpha value is -0.580. The SMILES string of the molecule is CC.CC.CCCCC.CCNCCNC1NCC=CN1C. The first-order chi connectivity index (χ1) is 10.8. The minimum Gasteiger partial charge on any atom is -0.353 e. The monoisotopic (exact) mass is 316 g/mol. The molecular weight excluding hydrogens is 272 g/mol. The topological polar surface area (TPSA) is 39.3 Å². The zero-order chi connectivity index (χ0) is 17.6. The van der Waals surface area contributed by atoms with Crippen molar-refractivity contribution in [2.75, 3.05) is 33.2 Å². The van der Waals surface area contributed by atoms with Gasteiger partial charge in [0.25, 0.3) is 0 Å². The number of unbranched alkanes of at least 4 members (excludes halogenated alkanes) is 2. The number of likely N-dealkylation sites (N-methyl/N-ethyl adjacent to an activating group) is 1. The minimum atomic E-state index is 0.281. The molecular formula is C18H44N4. The molecule has 0 aliphatic carbocycles. The fourth-order valence-corrected chi connectivity index (χ4v) is 1.67. The highest BCUT2D eigenvalue weighted by Gasteiger charge is 2.11. The third-order valence-electron chi connectivity index (χ3n) is 2.77. The molecule has 1 unspecified atom stereocenters. The van der Waals surface area contributed by atoms with Crippen LogP contribution in [0.15, 0.2) is 12.3 Å². The van der Waals surface area contributed by atoms with Gasteiger partial charge in [0.1, 0.15) is 6.29 Å². The van der Waals surface area contributed by atoms with E-state index in [0.717, 1.165) is 26.2 Å². The zero-order valence-electron chi connectivity index (χ0n) is 16.6. The quantitative estimate of drug-likeness (QED) is 0.625. The number of hydrogen-bond donors (Lipinski definition) is 3. The molecule has 1 aliphatic rings. The molecule has 0 aromatic carbocycles. The Balaban J connectivity index is -0.000000338. The van der Waals surface area contributed by atoms with Crippen molar-refractivity contribution in [3.05, 3.63) is 12.3 Å². The van der Waals surface area contributed by atoms with Crippen LogP contribution in [0.5, 0.6) is 0 Å². The molecule has 136 valence electrons. The van der Waals surface area contributed by atoms with Crippen molar-refractivity contribution in [1.29, 1.82) is 0 Å². The lowest BCUT2D eigenvalue weighted by molar-refractivity contribution is 0.222. The van der Waals surface area contributed by atoms with Crippen LogP contribution in [0, 0.1) is 0 Å². The molecule has 1 aliphatic heterocycles. The molecule has 1 rings (SSSR count). The number of rotatable bonds is 7. The highest BCUT2D eigenvalue weighted by atomic mass is 15.4. The van der Waals surface area contributed by atoms with Gasteiger partial charge in [-0.3, -0.25) is 10.6 Å². The molecule has 4 nitrogen and oxygen atoms in total. The Morgan fingerprint density at radius 1 is 1.05 bits per heavy atom. The van der Waals surface area contributed by atoms with Crippen LogP contribution in [0.3, 0.4) is 0 Å². The summed E-state index contributed by atoms with van der Waals surface area (Å²) in [6.07, 6.45) is 8.57. The molecule has 0 bridgehead atoms. The third kappa shape index (κ3) is 19.4. The summed E-state index contributed by atoms with van der Waals surface area (Å²) >= 11 is 0. The summed E-state index contributed by atoms with van der Waals surface area (Å²) in [7, 11) is 2.06. The van der Waals surface area contributed by atoms with Crippen molar-refractivity contribution in [3.63, 3.8) is 0 Å². The van der Waals surface area contributed by atoms with Crippen molar-refractivity contribution < 1.29 is 0 Å². The summed E-state index contributed by atoms with van der Waals surface area (Å²) < 4.78 is 0. The normalized spacial score (nSPS) is 15.6. The van der Waals surface area contributed by atoms with E-state index in [1.54, 1.807) is 0 Å². The molecule has 0 amide bonds. The second-order valence-corrected chi connectivity index (χ2v) is 4.52. The second kappa shape index (κ2) is 25.4. The van der Waals surface area contributed by atoms with E-state index < -0.39 is 0 Å². The molecule has 0 saturated heterocycles. The molecule has 0 aromatic heterocycles. The minimum absolute atomic E-state index is 0.281. The Bertz CT molecular complexity index is 194. The van der Waals surface area contributed by atoms with Crippen LogP contribution in [0.4, 0.5) is 0 Å². The van der Waals surface area contributed by atoms with Gasteiger partial charge in [0, 0.05) is 26.7 Å². The predicted molar refractivity (Wildman–Crippen MR) is 103 cm³/mol. The first-order valence-electron chi connectivity index (χ1n) is 9.32. The lowest BCUT2D eigenvalue weighted by Crippen LogP contribution is -2.54. The fourth-order valence-electron chi connectivity index (χ4n) is 1.67. The molecule has 3 N–H and O–H groups in total. The van der Waals surface area contributed by atoms with E-state index in [1.807, 2.05) is 27.7 Å². The molecule has 1 heterocycles. The van der Waals surface area contributed by atoms with Gasteiger partial charge in [-0.15, -0.1) is 0 Å². The first-order valence-corrected chi connectivity index (χ1v) is 9.32. The van der Waals surface area contributed by atoms with Gasteiger partial charge in [-0.05, 0) is 12.7 Å². The van der Waals surface area contributed by atoms with Crippen LogP contribution < -0.4 is 16.0 Å². The van der Waals surface area contributed by atoms with Crippen LogP contribution in [-0.2, 0) is 0 Å². The molecule has 0 fully saturated rings. The molecule has 0 radical (unpaired) electrons. The van der Waals surface area contributed by atoms with Crippen molar-refractivity contribution >= 4 is 0 Å². The van der Waals surface area contributed by atoms with Gasteiger partial charge in [-0.2, -0.15) is 0 Å². The summed E-state index contributed by atoms with van der Waals surface area (Å²) in [5.74, 6) is 0. The summed E-state index contributed by atoms with van der Waals surface area (Å²) in [4.78, 5) is 2.13. The van der Waals surface area contributed by atoms with Crippen LogP contribution in [0.2, 0.25) is 0 Å². The Labute approximate surface area is 141 Å². The van der Waals surface area contributed by atoms with Crippen LogP contribution >= 0.6 is 0 Å². The van der Waals surface area contributed by atoms with E-state index in [-0.39, 0.29) is 6.29 Å². The van der Waals surface area contributed by atoms with E-state index >= 15 is 0 Å². The Kier molecular flexibility index (Phi) is 30.4. The standard InChI is InChI=1S/C9H20N4.C5H12.2C2H6/c1-3-10-6-7-12-9-11-5-4-8-13(9)2;1-3-5-4-2;2*1-2/h4,8-12H,3,5-7H2,1-2H3;3-5H2,1-2H3;2*1-2H3. The zero-order valence-corrected chi connectivity index (χ0v) is 16.6. The van der Waals surface area contributed by atoms with Gasteiger partial charge in [0.15, 0.2) is 0 Å². The van der Waals surface area contributed by atoms with E-state index in [2.05, 4.69) is 60.9 Å². The Morgan fingerprint density at radius 3 is 2.05 bits per heavy atom. The third-order valence-corrected chi connectivity index (χ3v) is 2.77. The van der Waals surface area contributed by atoms with Gasteiger partial charge >= 0.3 is 0 Å². The lowest BCUT2D eigenvalue weighted by Gasteiger charge is -2.31. The first kappa shape index (κ1) is 26.3. The fraction of sp³-hybridized carbons (Fsp3) is 0.889. The molecule has 4 heteroatoms. The average molecular weight is 317 g/mol. The maximum absolute atomic E-state index is 3.41. The predicted octanol–water partition coefficient (Wildman–Crippen LogP) is 3.77. The highest BCUT2D eigenvalue weighted by Crippen LogP contribution is 1.94. The molecule has 0 spiro atoms. The number of nitrogens with zero attached hydrogens (tertiary/aromatic N) is 1. The Morgan fingerprint density at radius 2 is 1.64 bits per heavy atom. The summed E-state index contributed by atoms with van der Waals surface area (Å²) in [6, 6.07) is 0. The smallest absolute Gasteiger partial charge is 0.134 e. The number of nitrogens with one attached hydrogen (secondary N) is 3. The largest absolute Gasteiger partial charge is 0.353 e. The molecule has 0 aromatic rings. The van der Waals surface area contributed by atoms with Crippen molar-refractivity contribution in [1.82, 2.24) is 20.9 Å². The second-order valence-electron chi connectivity index (χ2n) is 4.52. The lowest BCUT2D eigenvalue weighted by atomic mass is 10.3. The van der Waals surface area contributed by atoms with Crippen LogP contribution in [0.1, 0.15) is 67.7 Å². The van der Waals surface area contributed by atoms with E-state index in [4.69, 9.17) is 0 Å². The van der Waals surface area contributed by atoms with Gasteiger partial charge < -0.3 is 10.2 Å². The highest BCUT2D eigenvalue weighted by molar-refractivity contribution is 4.90. The summed E-state index contributed by atoms with van der Waals surface area (Å²) in [5, 5.41) is 10.0. The molecule has 0 saturated carbocycles. The molecule has 1 atom stereocenters. The van der Waals surface area contributed by atoms with Gasteiger partial charge in [0.2, 0.25) is 0 Å². The van der Waals surface area contributed by atoms with Crippen molar-refractivity contribution in [3.8, 4) is 0 Å². The van der Waals surface area contributed by atoms with Crippen molar-refractivity contribution in [2.45, 2.75) is 74.0 Å². The van der Waals surface area contributed by atoms with E-state index in [0.29, 0.717) is 0 Å².